The minimum absolute atomic E-state index is 0.345. The van der Waals surface area contributed by atoms with Crippen LogP contribution >= 0.6 is 0 Å². The SMILES string of the molecule is COC(=O)c1cc2cn(C3CCC(c4cccnn4)CC3)nc2cc1OC. The highest BCUT2D eigenvalue weighted by molar-refractivity contribution is 5.97. The van der Waals surface area contributed by atoms with Crippen LogP contribution < -0.4 is 4.74 Å². The van der Waals surface area contributed by atoms with Gasteiger partial charge in [-0.3, -0.25) is 4.68 Å². The molecule has 140 valence electrons. The second-order valence-corrected chi connectivity index (χ2v) is 6.87. The lowest BCUT2D eigenvalue weighted by Gasteiger charge is -2.28. The number of carbonyl (C=O) groups excluding carboxylic acids is 1. The summed E-state index contributed by atoms with van der Waals surface area (Å²) in [6.45, 7) is 0. The lowest BCUT2D eigenvalue weighted by molar-refractivity contribution is 0.0597. The molecule has 0 unspecified atom stereocenters. The van der Waals surface area contributed by atoms with Crippen molar-refractivity contribution in [2.24, 2.45) is 0 Å². The summed E-state index contributed by atoms with van der Waals surface area (Å²) in [5.74, 6) is 0.530. The van der Waals surface area contributed by atoms with E-state index in [4.69, 9.17) is 14.6 Å². The van der Waals surface area contributed by atoms with E-state index < -0.39 is 5.97 Å². The number of methoxy groups -OCH3 is 2. The van der Waals surface area contributed by atoms with E-state index in [1.807, 2.05) is 16.9 Å². The molecule has 0 bridgehead atoms. The van der Waals surface area contributed by atoms with Gasteiger partial charge in [0.2, 0.25) is 0 Å². The zero-order valence-electron chi connectivity index (χ0n) is 15.5. The Labute approximate surface area is 157 Å². The first kappa shape index (κ1) is 17.5. The average Bonchev–Trinajstić information content (AvgIpc) is 3.16. The Balaban J connectivity index is 1.55. The van der Waals surface area contributed by atoms with Gasteiger partial charge in [-0.15, -0.1) is 0 Å². The molecule has 0 radical (unpaired) electrons. The Hall–Kier alpha value is -2.96. The van der Waals surface area contributed by atoms with Crippen LogP contribution in [0.15, 0.2) is 36.7 Å². The summed E-state index contributed by atoms with van der Waals surface area (Å²) in [4.78, 5) is 12.0. The Morgan fingerprint density at radius 1 is 1.19 bits per heavy atom. The summed E-state index contributed by atoms with van der Waals surface area (Å²) in [6, 6.07) is 7.93. The number of benzene rings is 1. The zero-order chi connectivity index (χ0) is 18.8. The van der Waals surface area contributed by atoms with E-state index in [2.05, 4.69) is 16.3 Å². The van der Waals surface area contributed by atoms with Gasteiger partial charge in [0.15, 0.2) is 0 Å². The maximum absolute atomic E-state index is 12.0. The molecule has 0 aliphatic heterocycles. The summed E-state index contributed by atoms with van der Waals surface area (Å²) >= 11 is 0. The second-order valence-electron chi connectivity index (χ2n) is 6.87. The molecular formula is C20H22N4O3. The summed E-state index contributed by atoms with van der Waals surface area (Å²) in [6.07, 6.45) is 7.93. The molecule has 1 aromatic carbocycles. The normalized spacial score (nSPS) is 19.8. The number of esters is 1. The number of nitrogens with zero attached hydrogens (tertiary/aromatic N) is 4. The van der Waals surface area contributed by atoms with Crippen molar-refractivity contribution in [3.63, 3.8) is 0 Å². The molecule has 2 aromatic heterocycles. The number of hydrogen-bond donors (Lipinski definition) is 0. The minimum atomic E-state index is -0.411. The number of aromatic nitrogens is 4. The van der Waals surface area contributed by atoms with Gasteiger partial charge in [0.05, 0.1) is 31.5 Å². The van der Waals surface area contributed by atoms with Crippen LogP contribution in [0.5, 0.6) is 5.75 Å². The quantitative estimate of drug-likeness (QED) is 0.657. The van der Waals surface area contributed by atoms with Crippen LogP contribution in [0.25, 0.3) is 10.9 Å². The molecule has 2 heterocycles. The summed E-state index contributed by atoms with van der Waals surface area (Å²) in [5.41, 5.74) is 2.31. The second kappa shape index (κ2) is 7.34. The predicted molar refractivity (Wildman–Crippen MR) is 99.9 cm³/mol. The molecule has 0 N–H and O–H groups in total. The van der Waals surface area contributed by atoms with Crippen LogP contribution in [0.3, 0.4) is 0 Å². The highest BCUT2D eigenvalue weighted by Gasteiger charge is 2.25. The first-order valence-electron chi connectivity index (χ1n) is 9.12. The Bertz CT molecular complexity index is 947. The molecule has 0 spiro atoms. The molecular weight excluding hydrogens is 344 g/mol. The van der Waals surface area contributed by atoms with Gasteiger partial charge in [0.1, 0.15) is 11.3 Å². The van der Waals surface area contributed by atoms with Gasteiger partial charge >= 0.3 is 5.97 Å². The average molecular weight is 366 g/mol. The third-order valence-corrected chi connectivity index (χ3v) is 5.33. The van der Waals surface area contributed by atoms with Crippen molar-refractivity contribution < 1.29 is 14.3 Å². The van der Waals surface area contributed by atoms with Gasteiger partial charge in [0, 0.05) is 29.8 Å². The largest absolute Gasteiger partial charge is 0.496 e. The van der Waals surface area contributed by atoms with Gasteiger partial charge in [-0.1, -0.05) is 0 Å². The number of rotatable bonds is 4. The van der Waals surface area contributed by atoms with Gasteiger partial charge in [-0.05, 0) is 43.9 Å². The van der Waals surface area contributed by atoms with Gasteiger partial charge in [-0.25, -0.2) is 4.79 Å². The van der Waals surface area contributed by atoms with Crippen LogP contribution in [0.2, 0.25) is 0 Å². The summed E-state index contributed by atoms with van der Waals surface area (Å²) < 4.78 is 12.2. The van der Waals surface area contributed by atoms with Crippen molar-refractivity contribution in [3.05, 3.63) is 47.9 Å². The molecule has 27 heavy (non-hydrogen) atoms. The molecule has 0 atom stereocenters. The van der Waals surface area contributed by atoms with Crippen LogP contribution in [0, 0.1) is 0 Å². The molecule has 3 aromatic rings. The summed E-state index contributed by atoms with van der Waals surface area (Å²) in [5, 5.41) is 13.9. The molecule has 1 aliphatic carbocycles. The van der Waals surface area contributed by atoms with E-state index in [9.17, 15) is 4.79 Å². The lowest BCUT2D eigenvalue weighted by atomic mass is 9.84. The van der Waals surface area contributed by atoms with E-state index in [0.717, 1.165) is 42.3 Å². The fourth-order valence-electron chi connectivity index (χ4n) is 3.86. The predicted octanol–water partition coefficient (Wildman–Crippen LogP) is 3.52. The first-order valence-corrected chi connectivity index (χ1v) is 9.12. The monoisotopic (exact) mass is 366 g/mol. The molecule has 4 rings (SSSR count). The standard InChI is InChI=1S/C20H22N4O3/c1-26-19-11-18-14(10-16(19)20(25)27-2)12-24(23-18)15-7-5-13(6-8-15)17-4-3-9-21-22-17/h3-4,9-13,15H,5-8H2,1-2H3. The van der Waals surface area contributed by atoms with Crippen LogP contribution in [-0.4, -0.2) is 40.2 Å². The molecule has 0 saturated heterocycles. The third kappa shape index (κ3) is 3.37. The van der Waals surface area contributed by atoms with Crippen molar-refractivity contribution >= 4 is 16.9 Å². The first-order chi connectivity index (χ1) is 13.2. The third-order valence-electron chi connectivity index (χ3n) is 5.33. The van der Waals surface area contributed by atoms with E-state index in [0.29, 0.717) is 23.3 Å². The van der Waals surface area contributed by atoms with Crippen LogP contribution in [0.4, 0.5) is 0 Å². The summed E-state index contributed by atoms with van der Waals surface area (Å²) in [7, 11) is 2.91. The van der Waals surface area contributed by atoms with E-state index in [-0.39, 0.29) is 0 Å². The van der Waals surface area contributed by atoms with Crippen molar-refractivity contribution in [3.8, 4) is 5.75 Å². The molecule has 1 aliphatic rings. The highest BCUT2D eigenvalue weighted by atomic mass is 16.5. The number of carbonyl (C=O) groups is 1. The van der Waals surface area contributed by atoms with E-state index >= 15 is 0 Å². The number of fused-ring (bicyclic) bond motifs is 1. The number of ether oxygens (including phenoxy) is 2. The van der Waals surface area contributed by atoms with Crippen molar-refractivity contribution in [2.45, 2.75) is 37.6 Å². The zero-order valence-corrected chi connectivity index (χ0v) is 15.5. The smallest absolute Gasteiger partial charge is 0.341 e. The van der Waals surface area contributed by atoms with Gasteiger partial charge in [0.25, 0.3) is 0 Å². The van der Waals surface area contributed by atoms with Gasteiger partial charge in [-0.2, -0.15) is 15.3 Å². The van der Waals surface area contributed by atoms with Crippen molar-refractivity contribution in [1.29, 1.82) is 0 Å². The highest BCUT2D eigenvalue weighted by Crippen LogP contribution is 2.37. The number of hydrogen-bond acceptors (Lipinski definition) is 6. The molecule has 7 nitrogen and oxygen atoms in total. The van der Waals surface area contributed by atoms with Crippen molar-refractivity contribution in [2.75, 3.05) is 14.2 Å². The van der Waals surface area contributed by atoms with Crippen molar-refractivity contribution in [1.82, 2.24) is 20.0 Å². The molecule has 7 heteroatoms. The maximum Gasteiger partial charge on any atom is 0.341 e. The Morgan fingerprint density at radius 3 is 2.67 bits per heavy atom. The lowest BCUT2D eigenvalue weighted by Crippen LogP contribution is -2.18. The van der Waals surface area contributed by atoms with E-state index in [1.54, 1.807) is 25.4 Å². The molecule has 1 fully saturated rings. The molecule has 1 saturated carbocycles. The Morgan fingerprint density at radius 2 is 2.00 bits per heavy atom. The van der Waals surface area contributed by atoms with Gasteiger partial charge < -0.3 is 9.47 Å². The van der Waals surface area contributed by atoms with Crippen LogP contribution in [0.1, 0.15) is 53.7 Å². The topological polar surface area (TPSA) is 79.1 Å². The van der Waals surface area contributed by atoms with Crippen LogP contribution in [-0.2, 0) is 4.74 Å². The fourth-order valence-corrected chi connectivity index (χ4v) is 3.86. The maximum atomic E-state index is 12.0. The Kier molecular flexibility index (Phi) is 4.75. The molecule has 0 amide bonds. The fraction of sp³-hybridized carbons (Fsp3) is 0.400. The van der Waals surface area contributed by atoms with E-state index in [1.165, 1.54) is 7.11 Å². The minimum Gasteiger partial charge on any atom is -0.496 e.